The lowest BCUT2D eigenvalue weighted by Gasteiger charge is -2.09. The highest BCUT2D eigenvalue weighted by Gasteiger charge is 2.14. The smallest absolute Gasteiger partial charge is 0.168 e. The van der Waals surface area contributed by atoms with Crippen LogP contribution < -0.4 is 0 Å². The van der Waals surface area contributed by atoms with Gasteiger partial charge in [0.1, 0.15) is 5.65 Å². The Balaban J connectivity index is 1.85. The molecule has 0 saturated heterocycles. The van der Waals surface area contributed by atoms with E-state index in [9.17, 15) is 0 Å². The highest BCUT2D eigenvalue weighted by Crippen LogP contribution is 2.26. The molecule has 6 heteroatoms. The first kappa shape index (κ1) is 16.1. The largest absolute Gasteiger partial charge is 0.383 e. The number of hydrogen-bond donors (Lipinski definition) is 0. The number of aryl methyl sites for hydroxylation is 2. The fraction of sp³-hybridized carbons (Fsp3) is 0.412. The Morgan fingerprint density at radius 3 is 2.74 bits per heavy atom. The average Bonchev–Trinajstić information content (AvgIpc) is 3.00. The maximum atomic E-state index is 5.22. The van der Waals surface area contributed by atoms with Crippen LogP contribution in [0.2, 0.25) is 0 Å². The molecule has 0 atom stereocenters. The second kappa shape index (κ2) is 6.76. The van der Waals surface area contributed by atoms with E-state index in [0.29, 0.717) is 6.61 Å². The minimum absolute atomic E-state index is 0.693. The number of aromatic nitrogens is 4. The summed E-state index contributed by atoms with van der Waals surface area (Å²) in [4.78, 5) is 9.34. The summed E-state index contributed by atoms with van der Waals surface area (Å²) in [5, 5.41) is 1.04. The van der Waals surface area contributed by atoms with E-state index in [1.807, 2.05) is 18.2 Å². The SMILES string of the molecule is COCCn1c(SCc2c(C)nc3ccccn23)nc(C)c1C. The molecule has 0 unspecified atom stereocenters. The van der Waals surface area contributed by atoms with Crippen LogP contribution in [0.25, 0.3) is 5.65 Å². The Morgan fingerprint density at radius 2 is 1.96 bits per heavy atom. The lowest BCUT2D eigenvalue weighted by atomic mass is 10.4. The van der Waals surface area contributed by atoms with Gasteiger partial charge in [-0.1, -0.05) is 17.8 Å². The Kier molecular flexibility index (Phi) is 4.73. The molecule has 3 aromatic rings. The minimum Gasteiger partial charge on any atom is -0.383 e. The first-order chi connectivity index (χ1) is 11.1. The summed E-state index contributed by atoms with van der Waals surface area (Å²) >= 11 is 1.75. The Bertz CT molecular complexity index is 821. The van der Waals surface area contributed by atoms with Crippen molar-refractivity contribution < 1.29 is 4.74 Å². The van der Waals surface area contributed by atoms with Gasteiger partial charge in [-0.3, -0.25) is 0 Å². The molecule has 0 spiro atoms. The van der Waals surface area contributed by atoms with Gasteiger partial charge in [0.15, 0.2) is 5.16 Å². The molecule has 0 fully saturated rings. The van der Waals surface area contributed by atoms with Crippen LogP contribution in [-0.4, -0.2) is 32.7 Å². The molecule has 0 aromatic carbocycles. The van der Waals surface area contributed by atoms with Gasteiger partial charge in [0.05, 0.1) is 23.7 Å². The van der Waals surface area contributed by atoms with Crippen molar-refractivity contribution in [3.8, 4) is 0 Å². The van der Waals surface area contributed by atoms with Gasteiger partial charge in [-0.2, -0.15) is 0 Å². The van der Waals surface area contributed by atoms with Gasteiger partial charge in [0, 0.05) is 31.3 Å². The van der Waals surface area contributed by atoms with Gasteiger partial charge < -0.3 is 13.7 Å². The van der Waals surface area contributed by atoms with E-state index in [-0.39, 0.29) is 0 Å². The van der Waals surface area contributed by atoms with Crippen LogP contribution in [0.15, 0.2) is 29.6 Å². The van der Waals surface area contributed by atoms with Gasteiger partial charge in [-0.05, 0) is 32.9 Å². The Morgan fingerprint density at radius 1 is 1.13 bits per heavy atom. The molecule has 5 nitrogen and oxygen atoms in total. The van der Waals surface area contributed by atoms with Crippen LogP contribution >= 0.6 is 11.8 Å². The van der Waals surface area contributed by atoms with Crippen molar-refractivity contribution >= 4 is 17.4 Å². The zero-order valence-electron chi connectivity index (χ0n) is 14.0. The lowest BCUT2D eigenvalue weighted by Crippen LogP contribution is -2.07. The van der Waals surface area contributed by atoms with E-state index in [2.05, 4.69) is 40.9 Å². The maximum Gasteiger partial charge on any atom is 0.168 e. The molecule has 122 valence electrons. The average molecular weight is 330 g/mol. The molecular formula is C17H22N4OS. The second-order valence-electron chi connectivity index (χ2n) is 5.57. The summed E-state index contributed by atoms with van der Waals surface area (Å²) in [5.41, 5.74) is 5.59. The molecule has 3 heterocycles. The number of methoxy groups -OCH3 is 1. The molecule has 0 radical (unpaired) electrons. The summed E-state index contributed by atoms with van der Waals surface area (Å²) in [6, 6.07) is 6.09. The number of hydrogen-bond acceptors (Lipinski definition) is 4. The van der Waals surface area contributed by atoms with E-state index in [1.165, 1.54) is 11.4 Å². The fourth-order valence-corrected chi connectivity index (χ4v) is 3.85. The number of thioether (sulfide) groups is 1. The number of pyridine rings is 1. The third-order valence-electron chi connectivity index (χ3n) is 4.11. The van der Waals surface area contributed by atoms with E-state index in [1.54, 1.807) is 18.9 Å². The summed E-state index contributed by atoms with van der Waals surface area (Å²) in [6.45, 7) is 7.76. The second-order valence-corrected chi connectivity index (χ2v) is 6.51. The van der Waals surface area contributed by atoms with Crippen molar-refractivity contribution in [1.82, 2.24) is 18.9 Å². The minimum atomic E-state index is 0.693. The molecular weight excluding hydrogens is 308 g/mol. The van der Waals surface area contributed by atoms with E-state index in [0.717, 1.165) is 34.5 Å². The molecule has 0 bridgehead atoms. The molecule has 0 saturated carbocycles. The zero-order chi connectivity index (χ0) is 16.4. The monoisotopic (exact) mass is 330 g/mol. The third-order valence-corrected chi connectivity index (χ3v) is 5.10. The van der Waals surface area contributed by atoms with Crippen LogP contribution in [0.4, 0.5) is 0 Å². The molecule has 23 heavy (non-hydrogen) atoms. The zero-order valence-corrected chi connectivity index (χ0v) is 14.9. The number of fused-ring (bicyclic) bond motifs is 1. The summed E-state index contributed by atoms with van der Waals surface area (Å²) in [5.74, 6) is 0.847. The summed E-state index contributed by atoms with van der Waals surface area (Å²) < 4.78 is 9.62. The van der Waals surface area contributed by atoms with Crippen molar-refractivity contribution in [2.75, 3.05) is 13.7 Å². The fourth-order valence-electron chi connectivity index (χ4n) is 2.65. The number of ether oxygens (including phenoxy) is 1. The Labute approximate surface area is 140 Å². The molecule has 0 N–H and O–H groups in total. The van der Waals surface area contributed by atoms with Crippen LogP contribution in [0.5, 0.6) is 0 Å². The molecule has 3 aromatic heterocycles. The summed E-state index contributed by atoms with van der Waals surface area (Å²) in [7, 11) is 1.73. The quantitative estimate of drug-likeness (QED) is 0.650. The van der Waals surface area contributed by atoms with E-state index < -0.39 is 0 Å². The van der Waals surface area contributed by atoms with E-state index >= 15 is 0 Å². The first-order valence-electron chi connectivity index (χ1n) is 7.70. The van der Waals surface area contributed by atoms with Gasteiger partial charge >= 0.3 is 0 Å². The van der Waals surface area contributed by atoms with Crippen LogP contribution in [0, 0.1) is 20.8 Å². The standard InChI is InChI=1S/C17H22N4OS/c1-12-14(3)20(9-10-22-4)17(19-12)23-11-15-13(2)18-16-7-5-6-8-21(15)16/h5-8H,9-11H2,1-4H3. The number of rotatable bonds is 6. The molecule has 0 aliphatic rings. The predicted octanol–water partition coefficient (Wildman–Crippen LogP) is 3.39. The molecule has 0 aliphatic heterocycles. The van der Waals surface area contributed by atoms with Crippen LogP contribution in [-0.2, 0) is 17.0 Å². The van der Waals surface area contributed by atoms with Gasteiger partial charge in [0.2, 0.25) is 0 Å². The third kappa shape index (κ3) is 3.14. The summed E-state index contributed by atoms with van der Waals surface area (Å²) in [6.07, 6.45) is 2.07. The number of nitrogens with zero attached hydrogens (tertiary/aromatic N) is 4. The Hall–Kier alpha value is -1.79. The van der Waals surface area contributed by atoms with Crippen molar-refractivity contribution in [1.29, 1.82) is 0 Å². The van der Waals surface area contributed by atoms with Crippen LogP contribution in [0.3, 0.4) is 0 Å². The number of imidazole rings is 2. The maximum absolute atomic E-state index is 5.22. The van der Waals surface area contributed by atoms with E-state index in [4.69, 9.17) is 9.72 Å². The molecule has 3 rings (SSSR count). The predicted molar refractivity (Wildman–Crippen MR) is 93.1 cm³/mol. The topological polar surface area (TPSA) is 44.4 Å². The molecule has 0 aliphatic carbocycles. The molecule has 0 amide bonds. The van der Waals surface area contributed by atoms with Crippen molar-refractivity contribution in [3.63, 3.8) is 0 Å². The lowest BCUT2D eigenvalue weighted by molar-refractivity contribution is 0.184. The normalized spacial score (nSPS) is 11.5. The van der Waals surface area contributed by atoms with Crippen molar-refractivity contribution in [2.24, 2.45) is 0 Å². The van der Waals surface area contributed by atoms with Gasteiger partial charge in [-0.25, -0.2) is 9.97 Å². The van der Waals surface area contributed by atoms with Crippen molar-refractivity contribution in [3.05, 3.63) is 47.2 Å². The van der Waals surface area contributed by atoms with Gasteiger partial charge in [0.25, 0.3) is 0 Å². The van der Waals surface area contributed by atoms with Crippen LogP contribution in [0.1, 0.15) is 22.8 Å². The van der Waals surface area contributed by atoms with Crippen molar-refractivity contribution in [2.45, 2.75) is 38.2 Å². The first-order valence-corrected chi connectivity index (χ1v) is 8.68. The highest BCUT2D eigenvalue weighted by atomic mass is 32.2. The van der Waals surface area contributed by atoms with Gasteiger partial charge in [-0.15, -0.1) is 0 Å². The highest BCUT2D eigenvalue weighted by molar-refractivity contribution is 7.98.